The molecule has 2 atom stereocenters. The van der Waals surface area contributed by atoms with Crippen molar-refractivity contribution in [2.75, 3.05) is 19.6 Å². The Morgan fingerprint density at radius 3 is 3.00 bits per heavy atom. The number of aromatic amines is 1. The van der Waals surface area contributed by atoms with Crippen LogP contribution in [0, 0.1) is 5.92 Å². The molecular formula is C17H24N6O. The summed E-state index contributed by atoms with van der Waals surface area (Å²) in [6, 6.07) is 2.77. The molecule has 2 aliphatic heterocycles. The lowest BCUT2D eigenvalue weighted by Gasteiger charge is -2.53. The van der Waals surface area contributed by atoms with E-state index in [1.165, 1.54) is 5.69 Å². The van der Waals surface area contributed by atoms with Crippen molar-refractivity contribution < 1.29 is 4.79 Å². The first-order valence-corrected chi connectivity index (χ1v) is 8.67. The Hall–Kier alpha value is -2.15. The molecule has 1 N–H and O–H groups in total. The van der Waals surface area contributed by atoms with E-state index in [4.69, 9.17) is 0 Å². The third kappa shape index (κ3) is 2.62. The first-order valence-electron chi connectivity index (χ1n) is 8.67. The Morgan fingerprint density at radius 2 is 2.29 bits per heavy atom. The summed E-state index contributed by atoms with van der Waals surface area (Å²) in [5.41, 5.74) is 1.87. The molecule has 4 heterocycles. The number of piperidine rings is 1. The highest BCUT2D eigenvalue weighted by molar-refractivity contribution is 5.92. The Morgan fingerprint density at radius 1 is 1.42 bits per heavy atom. The summed E-state index contributed by atoms with van der Waals surface area (Å²) in [4.78, 5) is 21.2. The number of nitrogens with zero attached hydrogens (tertiary/aromatic N) is 5. The van der Waals surface area contributed by atoms with Crippen LogP contribution in [0.15, 0.2) is 24.8 Å². The van der Waals surface area contributed by atoms with Crippen LogP contribution in [-0.2, 0) is 6.54 Å². The standard InChI is InChI=1S/C17H24N6O/c1-12(2)23-11-18-7-14(23)10-22-9-13-8-21(6-4-16(13)22)17(24)15-3-5-19-20-15/h3,5,7,11-13,16H,4,6,8-10H2,1-2H3,(H,19,20). The van der Waals surface area contributed by atoms with E-state index >= 15 is 0 Å². The van der Waals surface area contributed by atoms with Crippen molar-refractivity contribution in [3.63, 3.8) is 0 Å². The number of nitrogens with one attached hydrogen (secondary N) is 1. The van der Waals surface area contributed by atoms with Crippen molar-refractivity contribution in [2.24, 2.45) is 5.92 Å². The first-order chi connectivity index (χ1) is 11.6. The number of amides is 1. The third-order valence-corrected chi connectivity index (χ3v) is 5.32. The van der Waals surface area contributed by atoms with E-state index in [0.29, 0.717) is 23.7 Å². The summed E-state index contributed by atoms with van der Waals surface area (Å²) in [5, 5.41) is 6.65. The quantitative estimate of drug-likeness (QED) is 0.924. The second-order valence-electron chi connectivity index (χ2n) is 7.15. The number of aromatic nitrogens is 4. The second kappa shape index (κ2) is 6.05. The molecule has 0 bridgehead atoms. The molecule has 2 saturated heterocycles. The molecule has 4 rings (SSSR count). The van der Waals surface area contributed by atoms with Crippen LogP contribution in [0.2, 0.25) is 0 Å². The van der Waals surface area contributed by atoms with Gasteiger partial charge in [0, 0.05) is 56.6 Å². The summed E-state index contributed by atoms with van der Waals surface area (Å²) in [6.07, 6.45) is 6.57. The van der Waals surface area contributed by atoms with Crippen LogP contribution >= 0.6 is 0 Å². The molecule has 128 valence electrons. The van der Waals surface area contributed by atoms with Gasteiger partial charge in [0.1, 0.15) is 5.69 Å². The van der Waals surface area contributed by atoms with Gasteiger partial charge in [-0.2, -0.15) is 5.10 Å². The van der Waals surface area contributed by atoms with E-state index in [9.17, 15) is 4.79 Å². The van der Waals surface area contributed by atoms with E-state index in [0.717, 1.165) is 32.6 Å². The number of carbonyl (C=O) groups is 1. The van der Waals surface area contributed by atoms with Crippen LogP contribution in [0.1, 0.15) is 42.5 Å². The number of H-pyrrole nitrogens is 1. The first kappa shape index (κ1) is 15.4. The van der Waals surface area contributed by atoms with E-state index in [2.05, 4.69) is 38.5 Å². The second-order valence-corrected chi connectivity index (χ2v) is 7.15. The van der Waals surface area contributed by atoms with Gasteiger partial charge in [0.2, 0.25) is 0 Å². The van der Waals surface area contributed by atoms with Crippen LogP contribution in [0.3, 0.4) is 0 Å². The summed E-state index contributed by atoms with van der Waals surface area (Å²) >= 11 is 0. The van der Waals surface area contributed by atoms with Crippen LogP contribution in [0.25, 0.3) is 0 Å². The predicted molar refractivity (Wildman–Crippen MR) is 89.4 cm³/mol. The van der Waals surface area contributed by atoms with Gasteiger partial charge < -0.3 is 9.47 Å². The average molecular weight is 328 g/mol. The normalized spacial score (nSPS) is 24.0. The fraction of sp³-hybridized carbons (Fsp3) is 0.588. The summed E-state index contributed by atoms with van der Waals surface area (Å²) in [6.45, 7) is 8.04. The molecule has 2 fully saturated rings. The van der Waals surface area contributed by atoms with Crippen molar-refractivity contribution >= 4 is 5.91 Å². The third-order valence-electron chi connectivity index (χ3n) is 5.32. The highest BCUT2D eigenvalue weighted by Gasteiger charge is 2.43. The van der Waals surface area contributed by atoms with Gasteiger partial charge in [0.25, 0.3) is 5.91 Å². The minimum Gasteiger partial charge on any atom is -0.337 e. The number of imidazole rings is 1. The van der Waals surface area contributed by atoms with Gasteiger partial charge in [0.15, 0.2) is 0 Å². The van der Waals surface area contributed by atoms with Crippen LogP contribution in [0.4, 0.5) is 0 Å². The van der Waals surface area contributed by atoms with Gasteiger partial charge in [-0.25, -0.2) is 4.98 Å². The highest BCUT2D eigenvalue weighted by Crippen LogP contribution is 2.34. The maximum Gasteiger partial charge on any atom is 0.271 e. The van der Waals surface area contributed by atoms with Crippen molar-refractivity contribution in [1.29, 1.82) is 0 Å². The van der Waals surface area contributed by atoms with E-state index in [1.807, 2.05) is 17.4 Å². The van der Waals surface area contributed by atoms with E-state index in [-0.39, 0.29) is 5.91 Å². The van der Waals surface area contributed by atoms with Crippen LogP contribution in [0.5, 0.6) is 0 Å². The molecule has 0 spiro atoms. The number of likely N-dealkylation sites (tertiary alicyclic amines) is 2. The summed E-state index contributed by atoms with van der Waals surface area (Å²) in [7, 11) is 0. The molecule has 2 unspecified atom stereocenters. The maximum atomic E-state index is 12.4. The van der Waals surface area contributed by atoms with Crippen molar-refractivity contribution in [2.45, 2.75) is 38.9 Å². The van der Waals surface area contributed by atoms with Crippen molar-refractivity contribution in [1.82, 2.24) is 29.5 Å². The maximum absolute atomic E-state index is 12.4. The van der Waals surface area contributed by atoms with Crippen LogP contribution < -0.4 is 0 Å². The minimum atomic E-state index is 0.0716. The molecule has 0 saturated carbocycles. The fourth-order valence-electron chi connectivity index (χ4n) is 4.02. The zero-order valence-corrected chi connectivity index (χ0v) is 14.2. The van der Waals surface area contributed by atoms with Crippen LogP contribution in [-0.4, -0.2) is 61.1 Å². The lowest BCUT2D eigenvalue weighted by atomic mass is 9.82. The average Bonchev–Trinajstić information content (AvgIpc) is 3.23. The van der Waals surface area contributed by atoms with Gasteiger partial charge in [-0.15, -0.1) is 0 Å². The zero-order valence-electron chi connectivity index (χ0n) is 14.2. The Kier molecular flexibility index (Phi) is 3.88. The molecule has 2 aromatic rings. The molecule has 0 aromatic carbocycles. The Balaban J connectivity index is 1.36. The zero-order chi connectivity index (χ0) is 16.7. The molecule has 24 heavy (non-hydrogen) atoms. The number of rotatable bonds is 4. The topological polar surface area (TPSA) is 70.1 Å². The summed E-state index contributed by atoms with van der Waals surface area (Å²) < 4.78 is 2.24. The number of carbonyl (C=O) groups excluding carboxylic acids is 1. The highest BCUT2D eigenvalue weighted by atomic mass is 16.2. The van der Waals surface area contributed by atoms with E-state index < -0.39 is 0 Å². The van der Waals surface area contributed by atoms with Gasteiger partial charge in [-0.1, -0.05) is 0 Å². The predicted octanol–water partition coefficient (Wildman–Crippen LogP) is 1.53. The van der Waals surface area contributed by atoms with Gasteiger partial charge in [0.05, 0.1) is 12.0 Å². The fourth-order valence-corrected chi connectivity index (χ4v) is 4.02. The number of fused-ring (bicyclic) bond motifs is 1. The molecule has 7 nitrogen and oxygen atoms in total. The molecule has 2 aromatic heterocycles. The SMILES string of the molecule is CC(C)n1cncc1CN1CC2CN(C(=O)c3ccn[nH]3)CCC21. The molecule has 0 radical (unpaired) electrons. The minimum absolute atomic E-state index is 0.0716. The lowest BCUT2D eigenvalue weighted by molar-refractivity contribution is -0.0435. The molecule has 1 amide bonds. The number of hydrogen-bond donors (Lipinski definition) is 1. The monoisotopic (exact) mass is 328 g/mol. The molecule has 2 aliphatic rings. The van der Waals surface area contributed by atoms with Gasteiger partial charge >= 0.3 is 0 Å². The largest absolute Gasteiger partial charge is 0.337 e. The van der Waals surface area contributed by atoms with Crippen molar-refractivity contribution in [3.8, 4) is 0 Å². The van der Waals surface area contributed by atoms with Gasteiger partial charge in [-0.05, 0) is 26.3 Å². The Labute approximate surface area is 141 Å². The Bertz CT molecular complexity index is 706. The van der Waals surface area contributed by atoms with Gasteiger partial charge in [-0.3, -0.25) is 14.8 Å². The number of hydrogen-bond acceptors (Lipinski definition) is 4. The van der Waals surface area contributed by atoms with E-state index in [1.54, 1.807) is 12.3 Å². The smallest absolute Gasteiger partial charge is 0.271 e. The molecule has 7 heteroatoms. The molecular weight excluding hydrogens is 304 g/mol. The lowest BCUT2D eigenvalue weighted by Crippen LogP contribution is -2.63. The summed E-state index contributed by atoms with van der Waals surface area (Å²) in [5.74, 6) is 0.656. The molecule has 0 aliphatic carbocycles. The van der Waals surface area contributed by atoms with Crippen molar-refractivity contribution in [3.05, 3.63) is 36.2 Å².